The second kappa shape index (κ2) is 6.11. The summed E-state index contributed by atoms with van der Waals surface area (Å²) in [6.45, 7) is 5.59. The number of anilines is 1. The predicted molar refractivity (Wildman–Crippen MR) is 80.1 cm³/mol. The van der Waals surface area contributed by atoms with Crippen LogP contribution < -0.4 is 15.0 Å². The summed E-state index contributed by atoms with van der Waals surface area (Å²) in [5.41, 5.74) is 2.62. The largest absolute Gasteiger partial charge is 0.573 e. The van der Waals surface area contributed by atoms with Gasteiger partial charge in [0.05, 0.1) is 23.3 Å². The normalized spacial score (nSPS) is 15.7. The monoisotopic (exact) mass is 326 g/mol. The second-order valence-corrected chi connectivity index (χ2v) is 5.32. The molecule has 3 rings (SSSR count). The van der Waals surface area contributed by atoms with Crippen molar-refractivity contribution in [1.82, 2.24) is 15.1 Å². The first-order valence-corrected chi connectivity index (χ1v) is 7.30. The Bertz CT molecular complexity index is 660. The third-order valence-corrected chi connectivity index (χ3v) is 3.67. The molecule has 1 saturated heterocycles. The average Bonchev–Trinajstić information content (AvgIpc) is 2.89. The van der Waals surface area contributed by atoms with Gasteiger partial charge in [0.15, 0.2) is 0 Å². The van der Waals surface area contributed by atoms with Gasteiger partial charge in [-0.15, -0.1) is 13.2 Å². The van der Waals surface area contributed by atoms with Crippen LogP contribution in [0.1, 0.15) is 5.69 Å². The van der Waals surface area contributed by atoms with E-state index in [1.165, 1.54) is 12.1 Å². The van der Waals surface area contributed by atoms with Crippen LogP contribution in [0.3, 0.4) is 0 Å². The zero-order valence-electron chi connectivity index (χ0n) is 12.6. The smallest absolute Gasteiger partial charge is 0.406 e. The number of alkyl halides is 3. The first kappa shape index (κ1) is 15.7. The third kappa shape index (κ3) is 3.76. The lowest BCUT2D eigenvalue weighted by atomic mass is 10.3. The van der Waals surface area contributed by atoms with E-state index in [4.69, 9.17) is 0 Å². The van der Waals surface area contributed by atoms with E-state index in [0.29, 0.717) is 5.69 Å². The number of aromatic nitrogens is 2. The van der Waals surface area contributed by atoms with Gasteiger partial charge in [-0.2, -0.15) is 5.10 Å². The first-order valence-electron chi connectivity index (χ1n) is 7.30. The summed E-state index contributed by atoms with van der Waals surface area (Å²) in [5.74, 6) is -0.243. The number of hydrogen-bond donors (Lipinski definition) is 1. The van der Waals surface area contributed by atoms with Gasteiger partial charge < -0.3 is 15.0 Å². The van der Waals surface area contributed by atoms with Crippen molar-refractivity contribution in [2.45, 2.75) is 13.3 Å². The molecule has 0 unspecified atom stereocenters. The Morgan fingerprint density at radius 2 is 1.78 bits per heavy atom. The van der Waals surface area contributed by atoms with E-state index in [9.17, 15) is 13.2 Å². The number of piperazine rings is 1. The van der Waals surface area contributed by atoms with E-state index >= 15 is 0 Å². The Balaban J connectivity index is 1.79. The van der Waals surface area contributed by atoms with Crippen LogP contribution in [-0.2, 0) is 0 Å². The lowest BCUT2D eigenvalue weighted by Gasteiger charge is -2.28. The van der Waals surface area contributed by atoms with Gasteiger partial charge in [0.2, 0.25) is 0 Å². The molecular formula is C15H17F3N4O. The number of halogens is 3. The highest BCUT2D eigenvalue weighted by molar-refractivity contribution is 5.51. The number of hydrogen-bond acceptors (Lipinski definition) is 4. The zero-order chi connectivity index (χ0) is 16.4. The van der Waals surface area contributed by atoms with E-state index in [2.05, 4.69) is 20.1 Å². The molecule has 23 heavy (non-hydrogen) atoms. The average molecular weight is 326 g/mol. The number of aryl methyl sites for hydroxylation is 1. The molecule has 0 aliphatic carbocycles. The van der Waals surface area contributed by atoms with Crippen molar-refractivity contribution < 1.29 is 17.9 Å². The maximum absolute atomic E-state index is 12.2. The van der Waals surface area contributed by atoms with Crippen LogP contribution in [0.15, 0.2) is 30.5 Å². The van der Waals surface area contributed by atoms with Crippen LogP contribution >= 0.6 is 0 Å². The Hall–Kier alpha value is -2.22. The van der Waals surface area contributed by atoms with Crippen molar-refractivity contribution in [3.63, 3.8) is 0 Å². The van der Waals surface area contributed by atoms with Gasteiger partial charge >= 0.3 is 6.36 Å². The van der Waals surface area contributed by atoms with Crippen LogP contribution in [0.4, 0.5) is 18.9 Å². The minimum atomic E-state index is -4.68. The highest BCUT2D eigenvalue weighted by Crippen LogP contribution is 2.25. The molecule has 1 aromatic carbocycles. The second-order valence-electron chi connectivity index (χ2n) is 5.32. The topological polar surface area (TPSA) is 42.3 Å². The minimum Gasteiger partial charge on any atom is -0.406 e. The fourth-order valence-corrected chi connectivity index (χ4v) is 2.60. The van der Waals surface area contributed by atoms with Crippen molar-refractivity contribution in [3.8, 4) is 11.4 Å². The van der Waals surface area contributed by atoms with Gasteiger partial charge in [0.25, 0.3) is 0 Å². The van der Waals surface area contributed by atoms with Crippen molar-refractivity contribution >= 4 is 5.69 Å². The van der Waals surface area contributed by atoms with E-state index < -0.39 is 6.36 Å². The minimum absolute atomic E-state index is 0.243. The zero-order valence-corrected chi connectivity index (χ0v) is 12.6. The van der Waals surface area contributed by atoms with Gasteiger partial charge in [-0.1, -0.05) is 0 Å². The molecule has 0 saturated carbocycles. The molecule has 0 spiro atoms. The number of rotatable bonds is 3. The maximum atomic E-state index is 12.2. The Kier molecular flexibility index (Phi) is 4.16. The summed E-state index contributed by atoms with van der Waals surface area (Å²) in [7, 11) is 0. The molecular weight excluding hydrogens is 309 g/mol. The van der Waals surface area contributed by atoms with Crippen LogP contribution in [0.2, 0.25) is 0 Å². The van der Waals surface area contributed by atoms with Crippen molar-refractivity contribution in [1.29, 1.82) is 0 Å². The van der Waals surface area contributed by atoms with Crippen LogP contribution in [-0.4, -0.2) is 42.3 Å². The van der Waals surface area contributed by atoms with E-state index in [1.807, 2.05) is 13.1 Å². The van der Waals surface area contributed by atoms with Crippen molar-refractivity contribution in [2.75, 3.05) is 31.1 Å². The van der Waals surface area contributed by atoms with Gasteiger partial charge in [-0.25, -0.2) is 4.68 Å². The first-order chi connectivity index (χ1) is 10.9. The Morgan fingerprint density at radius 1 is 1.13 bits per heavy atom. The number of benzene rings is 1. The lowest BCUT2D eigenvalue weighted by molar-refractivity contribution is -0.274. The Morgan fingerprint density at radius 3 is 2.39 bits per heavy atom. The summed E-state index contributed by atoms with van der Waals surface area (Å²) in [6.07, 6.45) is -2.78. The molecule has 0 amide bonds. The standard InChI is InChI=1S/C15H17F3N4O/c1-11-14(21-8-6-19-7-9-21)10-22(20-11)12-2-4-13(5-3-12)23-15(16,17)18/h2-5,10,19H,6-9H2,1H3. The van der Waals surface area contributed by atoms with E-state index in [1.54, 1.807) is 16.8 Å². The quantitative estimate of drug-likeness (QED) is 0.941. The highest BCUT2D eigenvalue weighted by Gasteiger charge is 2.31. The van der Waals surface area contributed by atoms with Gasteiger partial charge in [0, 0.05) is 26.2 Å². The summed E-state index contributed by atoms with van der Waals surface area (Å²) >= 11 is 0. The van der Waals surface area contributed by atoms with Crippen molar-refractivity contribution in [2.24, 2.45) is 0 Å². The lowest BCUT2D eigenvalue weighted by Crippen LogP contribution is -2.43. The fraction of sp³-hybridized carbons (Fsp3) is 0.400. The molecule has 2 aromatic rings. The summed E-state index contributed by atoms with van der Waals surface area (Å²) in [6, 6.07) is 5.67. The molecule has 0 atom stereocenters. The van der Waals surface area contributed by atoms with Crippen molar-refractivity contribution in [3.05, 3.63) is 36.2 Å². The van der Waals surface area contributed by atoms with Gasteiger partial charge in [-0.05, 0) is 31.2 Å². The maximum Gasteiger partial charge on any atom is 0.573 e. The van der Waals surface area contributed by atoms with Crippen LogP contribution in [0.5, 0.6) is 5.75 Å². The summed E-state index contributed by atoms with van der Waals surface area (Å²) in [5, 5.41) is 7.74. The molecule has 0 radical (unpaired) electrons. The summed E-state index contributed by atoms with van der Waals surface area (Å²) < 4.78 is 42.1. The molecule has 1 fully saturated rings. The predicted octanol–water partition coefficient (Wildman–Crippen LogP) is 2.49. The molecule has 2 heterocycles. The summed E-state index contributed by atoms with van der Waals surface area (Å²) in [4.78, 5) is 2.25. The van der Waals surface area contributed by atoms with Gasteiger partial charge in [-0.3, -0.25) is 0 Å². The molecule has 0 bridgehead atoms. The van der Waals surface area contributed by atoms with Gasteiger partial charge in [0.1, 0.15) is 5.75 Å². The molecule has 8 heteroatoms. The van der Waals surface area contributed by atoms with Crippen LogP contribution in [0, 0.1) is 6.92 Å². The molecule has 1 N–H and O–H groups in total. The number of ether oxygens (including phenoxy) is 1. The fourth-order valence-electron chi connectivity index (χ4n) is 2.60. The molecule has 124 valence electrons. The molecule has 5 nitrogen and oxygen atoms in total. The number of nitrogens with one attached hydrogen (secondary N) is 1. The number of nitrogens with zero attached hydrogens (tertiary/aromatic N) is 3. The molecule has 1 aliphatic heterocycles. The molecule has 1 aromatic heterocycles. The van der Waals surface area contributed by atoms with E-state index in [0.717, 1.165) is 37.6 Å². The SMILES string of the molecule is Cc1nn(-c2ccc(OC(F)(F)F)cc2)cc1N1CCNCC1. The third-order valence-electron chi connectivity index (χ3n) is 3.67. The Labute approximate surface area is 131 Å². The highest BCUT2D eigenvalue weighted by atomic mass is 19.4. The molecule has 1 aliphatic rings. The van der Waals surface area contributed by atoms with E-state index in [-0.39, 0.29) is 5.75 Å². The van der Waals surface area contributed by atoms with Crippen LogP contribution in [0.25, 0.3) is 5.69 Å².